The number of likely N-dealkylation sites (N-methyl/N-ethyl adjacent to an activating group) is 1. The van der Waals surface area contributed by atoms with E-state index in [4.69, 9.17) is 43.4 Å². The summed E-state index contributed by atoms with van der Waals surface area (Å²) in [5.41, 5.74) is 22.9. The van der Waals surface area contributed by atoms with Crippen molar-refractivity contribution < 1.29 is 19.2 Å². The number of benzene rings is 6. The van der Waals surface area contributed by atoms with Crippen LogP contribution < -0.4 is 27.3 Å². The molecule has 7 N–H and O–H groups in total. The van der Waals surface area contributed by atoms with Gasteiger partial charge in [0.1, 0.15) is 23.4 Å². The molecule has 3 amide bonds. The Morgan fingerprint density at radius 3 is 1.88 bits per heavy atom. The normalized spacial score (nSPS) is 20.3. The maximum atomic E-state index is 14.0. The topological polar surface area (TPSA) is 193 Å². The number of carbonyl (C=O) groups excluding carboxylic acids is 2. The molecule has 1 fully saturated rings. The van der Waals surface area contributed by atoms with E-state index >= 15 is 0 Å². The molecule has 10 rings (SSSR count). The Hall–Kier alpha value is -7.40. The number of hydrogen-bond donors (Lipinski definition) is 4. The van der Waals surface area contributed by atoms with Crippen molar-refractivity contribution in [2.24, 2.45) is 38.1 Å². The Morgan fingerprint density at radius 2 is 1.28 bits per heavy atom. The number of carbonyl (C=O) groups is 2. The molecule has 17 heteroatoms. The quantitative estimate of drug-likeness (QED) is 0.109. The number of guanidine groups is 3. The lowest BCUT2D eigenvalue weighted by Gasteiger charge is -2.34. The van der Waals surface area contributed by atoms with Crippen LogP contribution in [0.4, 0.5) is 10.5 Å². The summed E-state index contributed by atoms with van der Waals surface area (Å²) in [5.74, 6) is 2.14. The van der Waals surface area contributed by atoms with Crippen molar-refractivity contribution in [2.45, 2.75) is 43.3 Å². The SMILES string of the molecule is CN1OCC(C)(c2cccc(Br)c2)N=C1N.COc1cccc(-c2cccc(C3(C)CN(C)C(N)=N3)c2)c1.NC1=NC(c2ccccc2)(c2ccccc2)C(=O)N1CC1CCN(C(=O)Nc2ccccc2Cl)CC1. The summed E-state index contributed by atoms with van der Waals surface area (Å²) in [6.07, 6.45) is 1.52. The first-order chi connectivity index (χ1) is 35.5. The van der Waals surface area contributed by atoms with E-state index in [0.29, 0.717) is 48.9 Å². The zero-order chi connectivity index (χ0) is 52.6. The van der Waals surface area contributed by atoms with Crippen molar-refractivity contribution in [1.29, 1.82) is 0 Å². The van der Waals surface area contributed by atoms with E-state index in [2.05, 4.69) is 68.5 Å². The fourth-order valence-electron chi connectivity index (χ4n) is 9.52. The number of para-hydroxylation sites is 1. The predicted octanol–water partition coefficient (Wildman–Crippen LogP) is 9.38. The summed E-state index contributed by atoms with van der Waals surface area (Å²) in [6, 6.07) is 50.7. The first-order valence-electron chi connectivity index (χ1n) is 24.4. The minimum Gasteiger partial charge on any atom is -0.497 e. The van der Waals surface area contributed by atoms with Gasteiger partial charge in [0.2, 0.25) is 5.96 Å². The highest BCUT2D eigenvalue weighted by Gasteiger charge is 2.51. The number of piperidine rings is 1. The summed E-state index contributed by atoms with van der Waals surface area (Å²) in [6.45, 7) is 7.05. The van der Waals surface area contributed by atoms with Gasteiger partial charge in [0.25, 0.3) is 5.91 Å². The highest BCUT2D eigenvalue weighted by atomic mass is 79.9. The zero-order valence-electron chi connectivity index (χ0n) is 42.3. The van der Waals surface area contributed by atoms with Gasteiger partial charge in [-0.3, -0.25) is 14.5 Å². The first kappa shape index (κ1) is 52.9. The maximum absolute atomic E-state index is 14.0. The number of hydroxylamine groups is 2. The highest BCUT2D eigenvalue weighted by Crippen LogP contribution is 2.41. The van der Waals surface area contributed by atoms with Gasteiger partial charge < -0.3 is 37.1 Å². The average Bonchev–Trinajstić information content (AvgIpc) is 3.85. The number of nitrogens with one attached hydrogen (secondary N) is 1. The lowest BCUT2D eigenvalue weighted by atomic mass is 9.82. The number of urea groups is 1. The molecule has 0 saturated carbocycles. The summed E-state index contributed by atoms with van der Waals surface area (Å²) in [7, 11) is 5.40. The van der Waals surface area contributed by atoms with E-state index in [1.165, 1.54) is 10.6 Å². The molecule has 0 bridgehead atoms. The molecule has 0 spiro atoms. The Balaban J connectivity index is 0.000000163. The van der Waals surface area contributed by atoms with E-state index in [0.717, 1.165) is 57.4 Å². The molecule has 4 heterocycles. The van der Waals surface area contributed by atoms with Crippen LogP contribution in [-0.4, -0.2) is 104 Å². The molecule has 4 aliphatic rings. The number of nitrogens with zero attached hydrogens (tertiary/aromatic N) is 7. The van der Waals surface area contributed by atoms with Gasteiger partial charge in [0.15, 0.2) is 17.5 Å². The molecule has 384 valence electrons. The van der Waals surface area contributed by atoms with Gasteiger partial charge in [-0.25, -0.2) is 24.8 Å². The summed E-state index contributed by atoms with van der Waals surface area (Å²) in [4.78, 5) is 51.4. The zero-order valence-corrected chi connectivity index (χ0v) is 44.6. The Morgan fingerprint density at radius 1 is 0.716 bits per heavy atom. The van der Waals surface area contributed by atoms with Crippen LogP contribution in [0.1, 0.15) is 48.9 Å². The molecule has 0 aliphatic carbocycles. The number of amides is 3. The maximum Gasteiger partial charge on any atom is 0.321 e. The van der Waals surface area contributed by atoms with Crippen LogP contribution in [0, 0.1) is 5.92 Å². The molecule has 15 nitrogen and oxygen atoms in total. The lowest BCUT2D eigenvalue weighted by molar-refractivity contribution is -0.130. The minimum atomic E-state index is -1.19. The van der Waals surface area contributed by atoms with E-state index in [9.17, 15) is 9.59 Å². The van der Waals surface area contributed by atoms with Crippen molar-refractivity contribution in [2.75, 3.05) is 59.3 Å². The second-order valence-corrected chi connectivity index (χ2v) is 20.4. The van der Waals surface area contributed by atoms with Gasteiger partial charge in [0, 0.05) is 44.7 Å². The number of aliphatic imine (C=N–C) groups is 3. The van der Waals surface area contributed by atoms with E-state index in [1.54, 1.807) is 36.1 Å². The van der Waals surface area contributed by atoms with Gasteiger partial charge >= 0.3 is 6.03 Å². The molecule has 2 atom stereocenters. The molecule has 0 aromatic heterocycles. The summed E-state index contributed by atoms with van der Waals surface area (Å²) < 4.78 is 6.34. The monoisotopic (exact) mass is 1080 g/mol. The number of anilines is 1. The van der Waals surface area contributed by atoms with Crippen LogP contribution >= 0.6 is 27.5 Å². The van der Waals surface area contributed by atoms with Crippen LogP contribution in [0.3, 0.4) is 0 Å². The highest BCUT2D eigenvalue weighted by molar-refractivity contribution is 9.10. The fourth-order valence-corrected chi connectivity index (χ4v) is 10.1. The second kappa shape index (κ2) is 22.8. The summed E-state index contributed by atoms with van der Waals surface area (Å²) >= 11 is 9.62. The van der Waals surface area contributed by atoms with Gasteiger partial charge in [-0.1, -0.05) is 143 Å². The van der Waals surface area contributed by atoms with Crippen molar-refractivity contribution in [3.8, 4) is 16.9 Å². The van der Waals surface area contributed by atoms with Crippen LogP contribution in [0.5, 0.6) is 5.75 Å². The van der Waals surface area contributed by atoms with Gasteiger partial charge in [-0.05, 0) is 108 Å². The molecular formula is C57H63BrClN11O4. The second-order valence-electron chi connectivity index (χ2n) is 19.1. The van der Waals surface area contributed by atoms with Crippen LogP contribution in [0.25, 0.3) is 11.1 Å². The minimum absolute atomic E-state index is 0.142. The number of hydrogen-bond acceptors (Lipinski definition) is 12. The Labute approximate surface area is 446 Å². The molecule has 0 radical (unpaired) electrons. The molecule has 1 saturated heterocycles. The average molecular weight is 1080 g/mol. The Bertz CT molecular complexity index is 3000. The van der Waals surface area contributed by atoms with Crippen molar-refractivity contribution >= 4 is 63.0 Å². The number of halogens is 2. The third-order valence-corrected chi connectivity index (χ3v) is 14.6. The number of likely N-dealkylation sites (tertiary alicyclic amines) is 1. The van der Waals surface area contributed by atoms with Crippen LogP contribution in [0.2, 0.25) is 5.02 Å². The molecule has 2 unspecified atom stereocenters. The van der Waals surface area contributed by atoms with Gasteiger partial charge in [-0.15, -0.1) is 0 Å². The van der Waals surface area contributed by atoms with Crippen molar-refractivity contribution in [1.82, 2.24) is 19.8 Å². The summed E-state index contributed by atoms with van der Waals surface area (Å²) in [5, 5.41) is 4.87. The van der Waals surface area contributed by atoms with Gasteiger partial charge in [0.05, 0.1) is 17.8 Å². The van der Waals surface area contributed by atoms with Crippen molar-refractivity contribution in [3.63, 3.8) is 0 Å². The smallest absolute Gasteiger partial charge is 0.321 e. The van der Waals surface area contributed by atoms with E-state index in [1.807, 2.05) is 134 Å². The molecular weight excluding hydrogens is 1020 g/mol. The molecule has 4 aliphatic heterocycles. The first-order valence-corrected chi connectivity index (χ1v) is 25.6. The van der Waals surface area contributed by atoms with E-state index in [-0.39, 0.29) is 29.4 Å². The third-order valence-electron chi connectivity index (χ3n) is 13.8. The standard InChI is InChI=1S/C28H28ClN5O2.C18H21N3O.C11H14BrN3O/c29-23-13-7-8-14-24(23)31-27(36)33-17-15-20(16-18-33)19-34-25(35)28(32-26(34)30,21-9-3-1-4-10-21)22-11-5-2-6-12-22;1-18(12-21(2)17(19)20-18)15-8-4-6-13(10-15)14-7-5-9-16(11-14)22-3;1-11(7-16-15(2)10(13)14-11)8-4-3-5-9(12)6-8/h1-14,20H,15-19H2,(H2,30,32)(H,31,36);4-11H,12H2,1-3H3,(H2,19,20);3-6H,7H2,1-2H3,(H2,13,14). The molecule has 6 aromatic carbocycles. The fraction of sp³-hybridized carbons (Fsp3) is 0.281. The Kier molecular flexibility index (Phi) is 16.3. The molecule has 6 aromatic rings. The van der Waals surface area contributed by atoms with Crippen LogP contribution in [-0.2, 0) is 26.2 Å². The van der Waals surface area contributed by atoms with Crippen LogP contribution in [0.15, 0.2) is 177 Å². The largest absolute Gasteiger partial charge is 0.497 e. The number of ether oxygens (including phenoxy) is 1. The lowest BCUT2D eigenvalue weighted by Crippen LogP contribution is -2.48. The third kappa shape index (κ3) is 11.7. The molecule has 74 heavy (non-hydrogen) atoms. The van der Waals surface area contributed by atoms with Gasteiger partial charge in [-0.2, -0.15) is 0 Å². The number of methoxy groups -OCH3 is 1. The predicted molar refractivity (Wildman–Crippen MR) is 299 cm³/mol. The number of nitrogens with two attached hydrogens (primary N) is 3. The van der Waals surface area contributed by atoms with Crippen molar-refractivity contribution in [3.05, 3.63) is 189 Å². The van der Waals surface area contributed by atoms with E-state index < -0.39 is 11.1 Å². The number of rotatable bonds is 9.